The van der Waals surface area contributed by atoms with Gasteiger partial charge < -0.3 is 9.55 Å². The van der Waals surface area contributed by atoms with Gasteiger partial charge in [0.15, 0.2) is 4.77 Å². The first kappa shape index (κ1) is 13.0. The maximum absolute atomic E-state index is 13.6. The minimum atomic E-state index is -0.288. The SMILES string of the molecule is Fc1cc2c(cc1Br)[nH]c(=S)n2CCc1cscn1. The molecule has 0 atom stereocenters. The molecule has 3 rings (SSSR count). The number of halogens is 2. The first-order valence-corrected chi connectivity index (χ1v) is 7.74. The second-order valence-electron chi connectivity index (χ2n) is 4.10. The maximum Gasteiger partial charge on any atom is 0.178 e. The standard InChI is InChI=1S/C12H9BrFN3S2/c13-8-3-10-11(4-9(8)14)17(12(18)16-10)2-1-7-5-19-6-15-7/h3-6H,1-2H2,(H,16,18). The Hall–Kier alpha value is -1.05. The van der Waals surface area contributed by atoms with Crippen molar-refractivity contribution in [3.63, 3.8) is 0 Å². The molecule has 2 heterocycles. The molecule has 3 nitrogen and oxygen atoms in total. The highest BCUT2D eigenvalue weighted by Crippen LogP contribution is 2.23. The van der Waals surface area contributed by atoms with Gasteiger partial charge in [-0.25, -0.2) is 9.37 Å². The van der Waals surface area contributed by atoms with Crippen LogP contribution in [-0.4, -0.2) is 14.5 Å². The van der Waals surface area contributed by atoms with Gasteiger partial charge in [0, 0.05) is 24.4 Å². The van der Waals surface area contributed by atoms with E-state index >= 15 is 0 Å². The number of rotatable bonds is 3. The molecule has 0 saturated carbocycles. The number of aromatic nitrogens is 3. The molecule has 0 spiro atoms. The monoisotopic (exact) mass is 357 g/mol. The van der Waals surface area contributed by atoms with Crippen molar-refractivity contribution in [1.82, 2.24) is 14.5 Å². The van der Waals surface area contributed by atoms with Crippen molar-refractivity contribution in [2.45, 2.75) is 13.0 Å². The molecule has 0 saturated heterocycles. The van der Waals surface area contributed by atoms with Crippen LogP contribution in [0.2, 0.25) is 0 Å². The zero-order valence-corrected chi connectivity index (χ0v) is 12.9. The zero-order valence-electron chi connectivity index (χ0n) is 9.69. The van der Waals surface area contributed by atoms with Gasteiger partial charge in [-0.3, -0.25) is 0 Å². The summed E-state index contributed by atoms with van der Waals surface area (Å²) in [6.45, 7) is 0.684. The zero-order chi connectivity index (χ0) is 13.4. The van der Waals surface area contributed by atoms with E-state index in [-0.39, 0.29) is 5.82 Å². The first-order valence-electron chi connectivity index (χ1n) is 5.60. The number of thiazole rings is 1. The molecule has 0 fully saturated rings. The highest BCUT2D eigenvalue weighted by Gasteiger charge is 2.09. The van der Waals surface area contributed by atoms with Gasteiger partial charge in [-0.15, -0.1) is 11.3 Å². The number of hydrogen-bond acceptors (Lipinski definition) is 3. The molecular formula is C12H9BrFN3S2. The highest BCUT2D eigenvalue weighted by molar-refractivity contribution is 9.10. The van der Waals surface area contributed by atoms with Crippen LogP contribution in [0.15, 0.2) is 27.5 Å². The number of aromatic amines is 1. The van der Waals surface area contributed by atoms with Crippen LogP contribution >= 0.6 is 39.5 Å². The summed E-state index contributed by atoms with van der Waals surface area (Å²) in [4.78, 5) is 7.32. The summed E-state index contributed by atoms with van der Waals surface area (Å²) in [5, 5.41) is 2.01. The summed E-state index contributed by atoms with van der Waals surface area (Å²) in [6, 6.07) is 3.20. The third-order valence-corrected chi connectivity index (χ3v) is 4.46. The molecule has 98 valence electrons. The summed E-state index contributed by atoms with van der Waals surface area (Å²) in [5.74, 6) is -0.288. The largest absolute Gasteiger partial charge is 0.331 e. The fourth-order valence-electron chi connectivity index (χ4n) is 1.96. The average molecular weight is 358 g/mol. The van der Waals surface area contributed by atoms with Gasteiger partial charge in [-0.2, -0.15) is 0 Å². The molecule has 0 unspecified atom stereocenters. The third kappa shape index (κ3) is 2.50. The van der Waals surface area contributed by atoms with Gasteiger partial charge in [0.25, 0.3) is 0 Å². The van der Waals surface area contributed by atoms with Gasteiger partial charge in [0.2, 0.25) is 0 Å². The maximum atomic E-state index is 13.6. The second kappa shape index (κ2) is 5.15. The van der Waals surface area contributed by atoms with Gasteiger partial charge in [-0.05, 0) is 34.2 Å². The molecule has 0 amide bonds. The molecule has 0 aliphatic carbocycles. The Morgan fingerprint density at radius 3 is 3.05 bits per heavy atom. The lowest BCUT2D eigenvalue weighted by molar-refractivity contribution is 0.620. The third-order valence-electron chi connectivity index (χ3n) is 2.89. The van der Waals surface area contributed by atoms with E-state index < -0.39 is 0 Å². The lowest BCUT2D eigenvalue weighted by Crippen LogP contribution is -2.01. The van der Waals surface area contributed by atoms with Crippen LogP contribution in [0, 0.1) is 10.6 Å². The van der Waals surface area contributed by atoms with E-state index in [0.717, 1.165) is 23.1 Å². The Kier molecular flexibility index (Phi) is 3.51. The fraction of sp³-hybridized carbons (Fsp3) is 0.167. The fourth-order valence-corrected chi connectivity index (χ4v) is 3.20. The number of imidazole rings is 1. The van der Waals surface area contributed by atoms with Crippen LogP contribution in [-0.2, 0) is 13.0 Å². The van der Waals surface area contributed by atoms with Crippen molar-refractivity contribution in [2.75, 3.05) is 0 Å². The summed E-state index contributed by atoms with van der Waals surface area (Å²) in [7, 11) is 0. The summed E-state index contributed by atoms with van der Waals surface area (Å²) < 4.78 is 16.6. The molecule has 0 radical (unpaired) electrons. The van der Waals surface area contributed by atoms with Crippen LogP contribution < -0.4 is 0 Å². The van der Waals surface area contributed by atoms with E-state index in [1.165, 1.54) is 6.07 Å². The molecule has 0 aliphatic rings. The Balaban J connectivity index is 2.00. The van der Waals surface area contributed by atoms with E-state index in [0.29, 0.717) is 15.8 Å². The number of H-pyrrole nitrogens is 1. The average Bonchev–Trinajstić information content (AvgIpc) is 2.96. The predicted molar refractivity (Wildman–Crippen MR) is 80.6 cm³/mol. The Bertz CT molecular complexity index is 776. The number of benzene rings is 1. The van der Waals surface area contributed by atoms with E-state index in [4.69, 9.17) is 12.2 Å². The highest BCUT2D eigenvalue weighted by atomic mass is 79.9. The van der Waals surface area contributed by atoms with Crippen LogP contribution in [0.25, 0.3) is 11.0 Å². The smallest absolute Gasteiger partial charge is 0.178 e. The minimum absolute atomic E-state index is 0.288. The minimum Gasteiger partial charge on any atom is -0.331 e. The topological polar surface area (TPSA) is 33.6 Å². The molecule has 2 aromatic heterocycles. The lowest BCUT2D eigenvalue weighted by atomic mass is 10.3. The summed E-state index contributed by atoms with van der Waals surface area (Å²) >= 11 is 10.0. The molecule has 1 aromatic carbocycles. The predicted octanol–water partition coefficient (Wildman–Crippen LogP) is 4.30. The van der Waals surface area contributed by atoms with Gasteiger partial charge in [0.05, 0.1) is 26.7 Å². The molecule has 3 aromatic rings. The normalized spacial score (nSPS) is 11.3. The van der Waals surface area contributed by atoms with Crippen molar-refractivity contribution in [3.05, 3.63) is 43.8 Å². The lowest BCUT2D eigenvalue weighted by Gasteiger charge is -2.03. The Labute approximate surface area is 126 Å². The molecule has 7 heteroatoms. The van der Waals surface area contributed by atoms with Gasteiger partial charge in [-0.1, -0.05) is 0 Å². The molecular weight excluding hydrogens is 349 g/mol. The van der Waals surface area contributed by atoms with Crippen LogP contribution in [0.1, 0.15) is 5.69 Å². The Morgan fingerprint density at radius 1 is 1.47 bits per heavy atom. The summed E-state index contributed by atoms with van der Waals surface area (Å²) in [5.41, 5.74) is 4.44. The van der Waals surface area contributed by atoms with Crippen LogP contribution in [0.3, 0.4) is 0 Å². The summed E-state index contributed by atoms with van der Waals surface area (Å²) in [6.07, 6.45) is 0.780. The number of aryl methyl sites for hydroxylation is 2. The molecule has 19 heavy (non-hydrogen) atoms. The molecule has 0 bridgehead atoms. The van der Waals surface area contributed by atoms with E-state index in [9.17, 15) is 4.39 Å². The quantitative estimate of drug-likeness (QED) is 0.709. The van der Waals surface area contributed by atoms with E-state index in [1.54, 1.807) is 22.9 Å². The van der Waals surface area contributed by atoms with Crippen molar-refractivity contribution in [1.29, 1.82) is 0 Å². The number of hydrogen-bond donors (Lipinski definition) is 1. The number of nitrogens with one attached hydrogen (secondary N) is 1. The number of fused-ring (bicyclic) bond motifs is 1. The van der Waals surface area contributed by atoms with Crippen molar-refractivity contribution < 1.29 is 4.39 Å². The first-order chi connectivity index (χ1) is 9.15. The van der Waals surface area contributed by atoms with Gasteiger partial charge in [0.1, 0.15) is 5.82 Å². The van der Waals surface area contributed by atoms with Crippen LogP contribution in [0.5, 0.6) is 0 Å². The van der Waals surface area contributed by atoms with Crippen molar-refractivity contribution >= 4 is 50.5 Å². The number of nitrogens with zero attached hydrogens (tertiary/aromatic N) is 2. The molecule has 1 N–H and O–H groups in total. The van der Waals surface area contributed by atoms with Crippen molar-refractivity contribution in [3.8, 4) is 0 Å². The second-order valence-corrected chi connectivity index (χ2v) is 6.05. The molecule has 0 aliphatic heterocycles. The van der Waals surface area contributed by atoms with E-state index in [2.05, 4.69) is 25.9 Å². The van der Waals surface area contributed by atoms with Gasteiger partial charge >= 0.3 is 0 Å². The van der Waals surface area contributed by atoms with Crippen molar-refractivity contribution in [2.24, 2.45) is 0 Å². The Morgan fingerprint density at radius 2 is 2.32 bits per heavy atom. The van der Waals surface area contributed by atoms with E-state index in [1.807, 2.05) is 9.95 Å². The van der Waals surface area contributed by atoms with Crippen LogP contribution in [0.4, 0.5) is 4.39 Å².